The van der Waals surface area contributed by atoms with Crippen LogP contribution in [0.25, 0.3) is 0 Å². The predicted molar refractivity (Wildman–Crippen MR) is 107 cm³/mol. The largest absolute Gasteiger partial charge is 0.481 e. The molecule has 6 nitrogen and oxygen atoms in total. The summed E-state index contributed by atoms with van der Waals surface area (Å²) in [7, 11) is 0. The number of piperazine rings is 1. The number of rotatable bonds is 5. The van der Waals surface area contributed by atoms with E-state index in [0.29, 0.717) is 19.1 Å². The van der Waals surface area contributed by atoms with Crippen LogP contribution in [0.2, 0.25) is 0 Å². The smallest absolute Gasteiger partial charge is 0.260 e. The van der Waals surface area contributed by atoms with Gasteiger partial charge >= 0.3 is 0 Å². The van der Waals surface area contributed by atoms with Crippen molar-refractivity contribution in [2.24, 2.45) is 5.92 Å². The number of amides is 2. The summed E-state index contributed by atoms with van der Waals surface area (Å²) in [4.78, 5) is 31.1. The number of carbonyl (C=O) groups excluding carboxylic acids is 2. The fourth-order valence-electron chi connectivity index (χ4n) is 4.64. The van der Waals surface area contributed by atoms with Crippen LogP contribution in [0, 0.1) is 11.7 Å². The van der Waals surface area contributed by atoms with Crippen molar-refractivity contribution >= 4 is 11.8 Å². The number of nitrogens with zero attached hydrogens (tertiary/aromatic N) is 3. The van der Waals surface area contributed by atoms with Crippen molar-refractivity contribution in [1.82, 2.24) is 14.7 Å². The Kier molecular flexibility index (Phi) is 6.33. The molecule has 0 atom stereocenters. The third kappa shape index (κ3) is 4.71. The fourth-order valence-corrected chi connectivity index (χ4v) is 4.64. The average molecular weight is 403 g/mol. The number of hydrogen-bond acceptors (Lipinski definition) is 4. The lowest BCUT2D eigenvalue weighted by Gasteiger charge is -2.44. The molecule has 7 heteroatoms. The maximum absolute atomic E-state index is 13.6. The van der Waals surface area contributed by atoms with Gasteiger partial charge in [-0.1, -0.05) is 31.4 Å². The molecule has 158 valence electrons. The summed E-state index contributed by atoms with van der Waals surface area (Å²) < 4.78 is 18.8. The van der Waals surface area contributed by atoms with Gasteiger partial charge in [0.2, 0.25) is 5.91 Å². The van der Waals surface area contributed by atoms with Crippen LogP contribution in [-0.2, 0) is 9.59 Å². The molecule has 0 aromatic heterocycles. The molecule has 0 radical (unpaired) electrons. The molecule has 3 fully saturated rings. The van der Waals surface area contributed by atoms with E-state index in [9.17, 15) is 14.0 Å². The molecule has 1 aromatic rings. The van der Waals surface area contributed by atoms with Gasteiger partial charge in [0.05, 0.1) is 5.92 Å². The molecule has 29 heavy (non-hydrogen) atoms. The molecular weight excluding hydrogens is 373 g/mol. The van der Waals surface area contributed by atoms with Gasteiger partial charge in [-0.3, -0.25) is 14.5 Å². The monoisotopic (exact) mass is 403 g/mol. The van der Waals surface area contributed by atoms with E-state index in [4.69, 9.17) is 4.74 Å². The fraction of sp³-hybridized carbons (Fsp3) is 0.636. The highest BCUT2D eigenvalue weighted by molar-refractivity contribution is 5.85. The minimum Gasteiger partial charge on any atom is -0.481 e. The summed E-state index contributed by atoms with van der Waals surface area (Å²) in [6.07, 6.45) is 6.61. The first-order valence-corrected chi connectivity index (χ1v) is 10.8. The van der Waals surface area contributed by atoms with Gasteiger partial charge in [0.1, 0.15) is 0 Å². The van der Waals surface area contributed by atoms with Crippen LogP contribution in [0.5, 0.6) is 5.75 Å². The van der Waals surface area contributed by atoms with Gasteiger partial charge in [0, 0.05) is 45.3 Å². The Bertz CT molecular complexity index is 724. The van der Waals surface area contributed by atoms with Gasteiger partial charge in [0.25, 0.3) is 5.91 Å². The summed E-state index contributed by atoms with van der Waals surface area (Å²) in [5.41, 5.74) is 0. The van der Waals surface area contributed by atoms with Crippen LogP contribution in [0.3, 0.4) is 0 Å². The standard InChI is InChI=1S/C22H30FN3O3/c23-19-8-4-5-9-20(19)29-16-21(27)26-14-17(15-26)22(28)25-12-10-24(11-13-25)18-6-2-1-3-7-18/h4-5,8-9,17-18H,1-3,6-7,10-16H2. The summed E-state index contributed by atoms with van der Waals surface area (Å²) >= 11 is 0. The maximum atomic E-state index is 13.6. The minimum absolute atomic E-state index is 0.0739. The number of halogens is 1. The number of para-hydroxylation sites is 1. The molecule has 3 aliphatic rings. The summed E-state index contributed by atoms with van der Waals surface area (Å²) in [5.74, 6) is -0.574. The Morgan fingerprint density at radius 2 is 1.66 bits per heavy atom. The van der Waals surface area contributed by atoms with Gasteiger partial charge in [-0.05, 0) is 25.0 Å². The number of carbonyl (C=O) groups is 2. The average Bonchev–Trinajstić information content (AvgIpc) is 2.73. The van der Waals surface area contributed by atoms with Crippen LogP contribution < -0.4 is 4.74 Å². The van der Waals surface area contributed by atoms with Crippen molar-refractivity contribution in [3.63, 3.8) is 0 Å². The molecule has 0 spiro atoms. The lowest BCUT2D eigenvalue weighted by atomic mass is 9.93. The van der Waals surface area contributed by atoms with Gasteiger partial charge in [0.15, 0.2) is 18.2 Å². The molecule has 1 aliphatic carbocycles. The third-order valence-corrected chi connectivity index (χ3v) is 6.49. The van der Waals surface area contributed by atoms with E-state index in [-0.39, 0.29) is 30.1 Å². The topological polar surface area (TPSA) is 53.1 Å². The highest BCUT2D eigenvalue weighted by Crippen LogP contribution is 2.25. The molecule has 1 saturated carbocycles. The molecule has 2 amide bonds. The van der Waals surface area contributed by atoms with Crippen molar-refractivity contribution < 1.29 is 18.7 Å². The predicted octanol–water partition coefficient (Wildman–Crippen LogP) is 2.14. The van der Waals surface area contributed by atoms with Gasteiger partial charge in [-0.25, -0.2) is 4.39 Å². The lowest BCUT2D eigenvalue weighted by Crippen LogP contribution is -2.60. The molecule has 0 N–H and O–H groups in total. The first-order valence-electron chi connectivity index (χ1n) is 10.8. The summed E-state index contributed by atoms with van der Waals surface area (Å²) in [5, 5.41) is 0. The second-order valence-corrected chi connectivity index (χ2v) is 8.37. The van der Waals surface area contributed by atoms with E-state index in [0.717, 1.165) is 26.2 Å². The van der Waals surface area contributed by atoms with E-state index < -0.39 is 5.82 Å². The molecule has 0 unspecified atom stereocenters. The molecule has 1 aromatic carbocycles. The number of hydrogen-bond donors (Lipinski definition) is 0. The Hall–Kier alpha value is -2.15. The van der Waals surface area contributed by atoms with Crippen molar-refractivity contribution in [2.75, 3.05) is 45.9 Å². The molecule has 4 rings (SSSR count). The first kappa shape index (κ1) is 20.1. The van der Waals surface area contributed by atoms with Crippen LogP contribution in [0.4, 0.5) is 4.39 Å². The number of ether oxygens (including phenoxy) is 1. The Labute approximate surface area is 171 Å². The molecular formula is C22H30FN3O3. The van der Waals surface area contributed by atoms with Gasteiger partial charge in [-0.2, -0.15) is 0 Å². The molecule has 2 heterocycles. The van der Waals surface area contributed by atoms with E-state index in [1.807, 2.05) is 4.90 Å². The Morgan fingerprint density at radius 1 is 0.966 bits per heavy atom. The van der Waals surface area contributed by atoms with Crippen molar-refractivity contribution in [3.05, 3.63) is 30.1 Å². The maximum Gasteiger partial charge on any atom is 0.260 e. The van der Waals surface area contributed by atoms with E-state index in [1.54, 1.807) is 17.0 Å². The zero-order valence-electron chi connectivity index (χ0n) is 16.9. The minimum atomic E-state index is -0.482. The number of likely N-dealkylation sites (tertiary alicyclic amines) is 1. The third-order valence-electron chi connectivity index (χ3n) is 6.49. The lowest BCUT2D eigenvalue weighted by molar-refractivity contribution is -0.150. The van der Waals surface area contributed by atoms with Crippen LogP contribution in [0.15, 0.2) is 24.3 Å². The first-order chi connectivity index (χ1) is 14.1. The zero-order valence-corrected chi connectivity index (χ0v) is 16.9. The van der Waals surface area contributed by atoms with Crippen molar-refractivity contribution in [1.29, 1.82) is 0 Å². The van der Waals surface area contributed by atoms with Crippen LogP contribution in [-0.4, -0.2) is 78.4 Å². The normalized spacial score (nSPS) is 21.7. The van der Waals surface area contributed by atoms with Gasteiger partial charge < -0.3 is 14.5 Å². The van der Waals surface area contributed by atoms with E-state index in [2.05, 4.69) is 4.90 Å². The Balaban J connectivity index is 1.17. The SMILES string of the molecule is O=C(COc1ccccc1F)N1CC(C(=O)N2CCN(C3CCCCC3)CC2)C1. The van der Waals surface area contributed by atoms with E-state index in [1.165, 1.54) is 44.2 Å². The van der Waals surface area contributed by atoms with Crippen LogP contribution in [0.1, 0.15) is 32.1 Å². The van der Waals surface area contributed by atoms with E-state index >= 15 is 0 Å². The summed E-state index contributed by atoms with van der Waals surface area (Å²) in [6, 6.07) is 6.73. The highest BCUT2D eigenvalue weighted by Gasteiger charge is 2.39. The second kappa shape index (κ2) is 9.11. The molecule has 0 bridgehead atoms. The Morgan fingerprint density at radius 3 is 2.34 bits per heavy atom. The molecule has 2 saturated heterocycles. The summed E-state index contributed by atoms with van der Waals surface area (Å²) in [6.45, 7) is 4.15. The quantitative estimate of drug-likeness (QED) is 0.756. The zero-order chi connectivity index (χ0) is 20.2. The van der Waals surface area contributed by atoms with Crippen LogP contribution >= 0.6 is 0 Å². The highest BCUT2D eigenvalue weighted by atomic mass is 19.1. The van der Waals surface area contributed by atoms with Crippen molar-refractivity contribution in [2.45, 2.75) is 38.1 Å². The number of benzene rings is 1. The van der Waals surface area contributed by atoms with Gasteiger partial charge in [-0.15, -0.1) is 0 Å². The van der Waals surface area contributed by atoms with Crippen molar-refractivity contribution in [3.8, 4) is 5.75 Å². The molecule has 2 aliphatic heterocycles. The second-order valence-electron chi connectivity index (χ2n) is 8.37.